The summed E-state index contributed by atoms with van der Waals surface area (Å²) in [7, 11) is 0. The Morgan fingerprint density at radius 3 is 2.73 bits per heavy atom. The Morgan fingerprint density at radius 1 is 1.10 bits per heavy atom. The van der Waals surface area contributed by atoms with Gasteiger partial charge in [-0.15, -0.1) is 0 Å². The number of amides is 1. The monoisotopic (exact) mass is 556 g/mol. The van der Waals surface area contributed by atoms with Crippen molar-refractivity contribution in [2.24, 2.45) is 0 Å². The molecule has 0 spiro atoms. The SMILES string of the molecule is C=CC(=O)N1CCN(c2nc(OCC3CCCN3CCC)nc3c2CCN(c2cc(O)cc4ccccc24)C3)CC1. The molecule has 3 aliphatic heterocycles. The first-order chi connectivity index (χ1) is 20.0. The van der Waals surface area contributed by atoms with Gasteiger partial charge in [-0.3, -0.25) is 9.69 Å². The molecule has 1 amide bonds. The normalized spacial score (nSPS) is 19.4. The number of aromatic nitrogens is 2. The summed E-state index contributed by atoms with van der Waals surface area (Å²) in [4.78, 5) is 31.1. The number of hydrogen-bond acceptors (Lipinski definition) is 8. The maximum Gasteiger partial charge on any atom is 0.318 e. The van der Waals surface area contributed by atoms with E-state index in [2.05, 4.69) is 34.3 Å². The summed E-state index contributed by atoms with van der Waals surface area (Å²) in [5.74, 6) is 1.16. The van der Waals surface area contributed by atoms with Crippen molar-refractivity contribution < 1.29 is 14.6 Å². The summed E-state index contributed by atoms with van der Waals surface area (Å²) in [6, 6.07) is 12.6. The molecule has 1 unspecified atom stereocenters. The molecule has 0 radical (unpaired) electrons. The van der Waals surface area contributed by atoms with Crippen LogP contribution in [0.15, 0.2) is 49.1 Å². The quantitative estimate of drug-likeness (QED) is 0.417. The fraction of sp³-hybridized carbons (Fsp3) is 0.469. The van der Waals surface area contributed by atoms with Crippen LogP contribution in [0, 0.1) is 0 Å². The molecule has 0 bridgehead atoms. The number of phenolic OH excluding ortho intramolecular Hbond substituents is 1. The molecule has 4 heterocycles. The minimum Gasteiger partial charge on any atom is -0.508 e. The number of carbonyl (C=O) groups excluding carboxylic acids is 1. The van der Waals surface area contributed by atoms with E-state index in [1.165, 1.54) is 12.5 Å². The lowest BCUT2D eigenvalue weighted by atomic mass is 10.0. The van der Waals surface area contributed by atoms with E-state index in [9.17, 15) is 9.90 Å². The van der Waals surface area contributed by atoms with Crippen molar-refractivity contribution in [2.45, 2.75) is 45.2 Å². The predicted octanol–water partition coefficient (Wildman–Crippen LogP) is 3.99. The van der Waals surface area contributed by atoms with Gasteiger partial charge in [-0.25, -0.2) is 0 Å². The zero-order valence-electron chi connectivity index (χ0n) is 24.0. The van der Waals surface area contributed by atoms with Gasteiger partial charge >= 0.3 is 6.01 Å². The van der Waals surface area contributed by atoms with Gasteiger partial charge in [0.15, 0.2) is 0 Å². The van der Waals surface area contributed by atoms with E-state index in [-0.39, 0.29) is 11.7 Å². The van der Waals surface area contributed by atoms with Gasteiger partial charge in [0.05, 0.1) is 12.2 Å². The molecule has 6 rings (SSSR count). The summed E-state index contributed by atoms with van der Waals surface area (Å²) >= 11 is 0. The molecule has 1 N–H and O–H groups in total. The third-order valence-electron chi connectivity index (χ3n) is 8.67. The van der Waals surface area contributed by atoms with Crippen molar-refractivity contribution in [3.05, 3.63) is 60.3 Å². The smallest absolute Gasteiger partial charge is 0.318 e. The van der Waals surface area contributed by atoms with Crippen molar-refractivity contribution in [3.63, 3.8) is 0 Å². The van der Waals surface area contributed by atoms with E-state index >= 15 is 0 Å². The highest BCUT2D eigenvalue weighted by Gasteiger charge is 2.30. The molecular weight excluding hydrogens is 516 g/mol. The summed E-state index contributed by atoms with van der Waals surface area (Å²) < 4.78 is 6.34. The van der Waals surface area contributed by atoms with E-state index in [0.29, 0.717) is 51.4 Å². The predicted molar refractivity (Wildman–Crippen MR) is 162 cm³/mol. The lowest BCUT2D eigenvalue weighted by Gasteiger charge is -2.38. The van der Waals surface area contributed by atoms with Crippen LogP contribution < -0.4 is 14.5 Å². The average molecular weight is 557 g/mol. The lowest BCUT2D eigenvalue weighted by molar-refractivity contribution is -0.126. The highest BCUT2D eigenvalue weighted by molar-refractivity contribution is 5.95. The number of fused-ring (bicyclic) bond motifs is 2. The highest BCUT2D eigenvalue weighted by atomic mass is 16.5. The van der Waals surface area contributed by atoms with Crippen LogP contribution in [0.25, 0.3) is 10.8 Å². The minimum absolute atomic E-state index is 0.0273. The number of carbonyl (C=O) groups is 1. The van der Waals surface area contributed by atoms with Crippen molar-refractivity contribution >= 4 is 28.2 Å². The Morgan fingerprint density at radius 2 is 1.93 bits per heavy atom. The van der Waals surface area contributed by atoms with E-state index in [1.54, 1.807) is 0 Å². The number of rotatable bonds is 8. The Kier molecular flexibility index (Phi) is 7.96. The molecule has 9 nitrogen and oxygen atoms in total. The summed E-state index contributed by atoms with van der Waals surface area (Å²) in [5, 5.41) is 12.6. The third kappa shape index (κ3) is 5.68. The van der Waals surface area contributed by atoms with Gasteiger partial charge in [-0.1, -0.05) is 37.8 Å². The molecule has 41 heavy (non-hydrogen) atoms. The first-order valence-electron chi connectivity index (χ1n) is 14.9. The first kappa shape index (κ1) is 27.3. The van der Waals surface area contributed by atoms with Gasteiger partial charge in [-0.05, 0) is 56.3 Å². The second-order valence-electron chi connectivity index (χ2n) is 11.3. The number of piperazine rings is 1. The molecule has 2 aromatic carbocycles. The Bertz CT molecular complexity index is 1420. The maximum absolute atomic E-state index is 12.2. The van der Waals surface area contributed by atoms with Crippen molar-refractivity contribution in [1.29, 1.82) is 0 Å². The molecule has 1 aromatic heterocycles. The molecule has 3 aliphatic rings. The summed E-state index contributed by atoms with van der Waals surface area (Å²) in [6.07, 6.45) is 5.64. The van der Waals surface area contributed by atoms with Gasteiger partial charge < -0.3 is 24.5 Å². The molecule has 0 saturated carbocycles. The van der Waals surface area contributed by atoms with Crippen LogP contribution in [0.5, 0.6) is 11.8 Å². The molecule has 3 aromatic rings. The average Bonchev–Trinajstić information content (AvgIpc) is 3.45. The first-order valence-corrected chi connectivity index (χ1v) is 14.9. The number of benzene rings is 2. The van der Waals surface area contributed by atoms with Gasteiger partial charge in [0.1, 0.15) is 18.2 Å². The number of anilines is 2. The van der Waals surface area contributed by atoms with Crippen LogP contribution in [0.4, 0.5) is 11.5 Å². The van der Waals surface area contributed by atoms with Crippen molar-refractivity contribution in [3.8, 4) is 11.8 Å². The fourth-order valence-electron chi connectivity index (χ4n) is 6.56. The minimum atomic E-state index is -0.0273. The second kappa shape index (κ2) is 11.9. The molecule has 2 fully saturated rings. The molecule has 9 heteroatoms. The van der Waals surface area contributed by atoms with Crippen LogP contribution >= 0.6 is 0 Å². The van der Waals surface area contributed by atoms with E-state index < -0.39 is 0 Å². The molecule has 1 atom stereocenters. The number of likely N-dealkylation sites (tertiary alicyclic amines) is 1. The molecule has 216 valence electrons. The zero-order chi connectivity index (χ0) is 28.3. The van der Waals surface area contributed by atoms with Gasteiger partial charge in [0.25, 0.3) is 0 Å². The second-order valence-corrected chi connectivity index (χ2v) is 11.3. The van der Waals surface area contributed by atoms with Gasteiger partial charge in [-0.2, -0.15) is 9.97 Å². The summed E-state index contributed by atoms with van der Waals surface area (Å²) in [5.41, 5.74) is 3.12. The van der Waals surface area contributed by atoms with Gasteiger partial charge in [0, 0.05) is 61.5 Å². The number of ether oxygens (including phenoxy) is 1. The molecular formula is C32H40N6O3. The standard InChI is InChI=1S/C32H40N6O3/c1-3-12-35-13-7-9-24(35)22-41-32-33-28-21-38(29-20-25(39)19-23-8-5-6-10-26(23)29)14-11-27(28)31(34-32)37-17-15-36(16-18-37)30(40)4-2/h4-6,8,10,19-20,24,39H,2-3,7,9,11-18,21-22H2,1H3. The number of hydrogen-bond donors (Lipinski definition) is 1. The number of aromatic hydroxyl groups is 1. The van der Waals surface area contributed by atoms with Crippen LogP contribution in [0.3, 0.4) is 0 Å². The number of phenols is 1. The van der Waals surface area contributed by atoms with E-state index in [4.69, 9.17) is 14.7 Å². The van der Waals surface area contributed by atoms with Crippen molar-refractivity contribution in [2.75, 3.05) is 62.2 Å². The number of nitrogens with zero attached hydrogens (tertiary/aromatic N) is 6. The Hall–Kier alpha value is -3.85. The zero-order valence-corrected chi connectivity index (χ0v) is 24.0. The Labute approximate surface area is 242 Å². The Balaban J connectivity index is 1.30. The van der Waals surface area contributed by atoms with Crippen LogP contribution in [0.2, 0.25) is 0 Å². The highest BCUT2D eigenvalue weighted by Crippen LogP contribution is 2.36. The van der Waals surface area contributed by atoms with Crippen LogP contribution in [-0.2, 0) is 17.8 Å². The fourth-order valence-corrected chi connectivity index (χ4v) is 6.56. The third-order valence-corrected chi connectivity index (χ3v) is 8.67. The topological polar surface area (TPSA) is 85.3 Å². The van der Waals surface area contributed by atoms with Crippen molar-refractivity contribution in [1.82, 2.24) is 19.8 Å². The molecule has 0 aliphatic carbocycles. The van der Waals surface area contributed by atoms with Crippen LogP contribution in [0.1, 0.15) is 37.4 Å². The van der Waals surface area contributed by atoms with Gasteiger partial charge in [0.2, 0.25) is 5.91 Å². The van der Waals surface area contributed by atoms with E-state index in [1.807, 2.05) is 35.2 Å². The summed E-state index contributed by atoms with van der Waals surface area (Å²) in [6.45, 7) is 12.7. The maximum atomic E-state index is 12.2. The van der Waals surface area contributed by atoms with Crippen LogP contribution in [-0.4, -0.2) is 89.2 Å². The largest absolute Gasteiger partial charge is 0.508 e. The van der Waals surface area contributed by atoms with E-state index in [0.717, 1.165) is 72.4 Å². The lowest BCUT2D eigenvalue weighted by Crippen LogP contribution is -2.49. The molecule has 2 saturated heterocycles.